The molecule has 1 saturated carbocycles. The van der Waals surface area contributed by atoms with E-state index in [1.807, 2.05) is 0 Å². The minimum atomic E-state index is 0.760. The number of hydrogen-bond acceptors (Lipinski definition) is 3. The highest BCUT2D eigenvalue weighted by atomic mass is 16.5. The highest BCUT2D eigenvalue weighted by molar-refractivity contribution is 5.37. The Labute approximate surface area is 165 Å². The van der Waals surface area contributed by atoms with Crippen LogP contribution < -0.4 is 10.1 Å². The monoisotopic (exact) mass is 370 g/mol. The standard InChI is InChI=1S/C24H38N2O/c1-2-7-23(8-3-1)25-13-6-16-27-24-12-11-21-17-20(9-10-22(21)18-24)19-26-14-4-5-15-26/h11-12,18,20,23,25H,1-10,13-17,19H2. The van der Waals surface area contributed by atoms with E-state index >= 15 is 0 Å². The van der Waals surface area contributed by atoms with Gasteiger partial charge in [-0.15, -0.1) is 0 Å². The normalized spacial score (nSPS) is 24.1. The molecule has 2 aliphatic carbocycles. The molecule has 1 aliphatic heterocycles. The van der Waals surface area contributed by atoms with Gasteiger partial charge in [-0.05, 0) is 100 Å². The average Bonchev–Trinajstić information content (AvgIpc) is 3.21. The lowest BCUT2D eigenvalue weighted by atomic mass is 9.83. The van der Waals surface area contributed by atoms with Gasteiger partial charge in [0.2, 0.25) is 0 Å². The number of ether oxygens (including phenoxy) is 1. The predicted octanol–water partition coefficient (Wildman–Crippen LogP) is 4.58. The predicted molar refractivity (Wildman–Crippen MR) is 113 cm³/mol. The summed E-state index contributed by atoms with van der Waals surface area (Å²) >= 11 is 0. The fourth-order valence-corrected chi connectivity index (χ4v) is 5.26. The zero-order valence-corrected chi connectivity index (χ0v) is 17.1. The Morgan fingerprint density at radius 1 is 0.963 bits per heavy atom. The topological polar surface area (TPSA) is 24.5 Å². The molecule has 0 spiro atoms. The summed E-state index contributed by atoms with van der Waals surface area (Å²) in [5.41, 5.74) is 3.10. The molecule has 4 rings (SSSR count). The average molecular weight is 371 g/mol. The van der Waals surface area contributed by atoms with E-state index in [9.17, 15) is 0 Å². The number of fused-ring (bicyclic) bond motifs is 1. The first-order chi connectivity index (χ1) is 13.4. The van der Waals surface area contributed by atoms with Crippen LogP contribution in [0.15, 0.2) is 18.2 Å². The summed E-state index contributed by atoms with van der Waals surface area (Å²) in [6.45, 7) is 5.88. The van der Waals surface area contributed by atoms with Crippen molar-refractivity contribution in [1.29, 1.82) is 0 Å². The smallest absolute Gasteiger partial charge is 0.119 e. The van der Waals surface area contributed by atoms with Crippen LogP contribution in [0.4, 0.5) is 0 Å². The SMILES string of the molecule is c1cc2c(cc1OCCCNC1CCCCC1)CCC(CN1CCCC1)C2. The molecule has 1 aromatic carbocycles. The third-order valence-corrected chi connectivity index (χ3v) is 6.85. The number of rotatable bonds is 8. The van der Waals surface area contributed by atoms with Crippen molar-refractivity contribution in [3.8, 4) is 5.75 Å². The molecule has 0 amide bonds. The number of benzene rings is 1. The third-order valence-electron chi connectivity index (χ3n) is 6.85. The second kappa shape index (κ2) is 9.93. The maximum atomic E-state index is 6.05. The van der Waals surface area contributed by atoms with E-state index < -0.39 is 0 Å². The van der Waals surface area contributed by atoms with Gasteiger partial charge >= 0.3 is 0 Å². The van der Waals surface area contributed by atoms with Crippen LogP contribution in [0, 0.1) is 5.92 Å². The summed E-state index contributed by atoms with van der Waals surface area (Å²) in [5, 5.41) is 3.71. The second-order valence-corrected chi connectivity index (χ2v) is 9.04. The summed E-state index contributed by atoms with van der Waals surface area (Å²) in [6, 6.07) is 7.61. The van der Waals surface area contributed by atoms with Gasteiger partial charge in [0, 0.05) is 12.6 Å². The van der Waals surface area contributed by atoms with Gasteiger partial charge in [0.1, 0.15) is 5.75 Å². The van der Waals surface area contributed by atoms with E-state index in [0.29, 0.717) is 0 Å². The lowest BCUT2D eigenvalue weighted by molar-refractivity contribution is 0.261. The van der Waals surface area contributed by atoms with Crippen LogP contribution in [0.5, 0.6) is 5.75 Å². The quantitative estimate of drug-likeness (QED) is 0.678. The van der Waals surface area contributed by atoms with Crippen molar-refractivity contribution in [2.24, 2.45) is 5.92 Å². The van der Waals surface area contributed by atoms with Crippen molar-refractivity contribution in [3.63, 3.8) is 0 Å². The third kappa shape index (κ3) is 5.71. The van der Waals surface area contributed by atoms with Gasteiger partial charge in [0.15, 0.2) is 0 Å². The number of hydrogen-bond donors (Lipinski definition) is 1. The van der Waals surface area contributed by atoms with Crippen LogP contribution in [-0.4, -0.2) is 43.7 Å². The van der Waals surface area contributed by atoms with Crippen molar-refractivity contribution in [3.05, 3.63) is 29.3 Å². The molecule has 1 aromatic rings. The van der Waals surface area contributed by atoms with Crippen LogP contribution in [0.25, 0.3) is 0 Å². The molecule has 3 heteroatoms. The van der Waals surface area contributed by atoms with Crippen LogP contribution in [-0.2, 0) is 12.8 Å². The lowest BCUT2D eigenvalue weighted by Gasteiger charge is -2.28. The second-order valence-electron chi connectivity index (χ2n) is 9.04. The summed E-state index contributed by atoms with van der Waals surface area (Å²) in [7, 11) is 0. The molecule has 1 unspecified atom stereocenters. The summed E-state index contributed by atoms with van der Waals surface area (Å²) in [5.74, 6) is 1.93. The summed E-state index contributed by atoms with van der Waals surface area (Å²) in [6.07, 6.45) is 14.7. The molecule has 150 valence electrons. The van der Waals surface area contributed by atoms with E-state index in [4.69, 9.17) is 4.74 Å². The number of nitrogens with one attached hydrogen (secondary N) is 1. The molecule has 3 aliphatic rings. The molecule has 1 heterocycles. The van der Waals surface area contributed by atoms with E-state index in [0.717, 1.165) is 37.3 Å². The van der Waals surface area contributed by atoms with Crippen molar-refractivity contribution in [2.75, 3.05) is 32.8 Å². The van der Waals surface area contributed by atoms with Gasteiger partial charge in [-0.2, -0.15) is 0 Å². The largest absolute Gasteiger partial charge is 0.494 e. The first kappa shape index (κ1) is 19.3. The molecule has 27 heavy (non-hydrogen) atoms. The Morgan fingerprint density at radius 2 is 1.81 bits per heavy atom. The van der Waals surface area contributed by atoms with E-state index in [2.05, 4.69) is 28.4 Å². The first-order valence-electron chi connectivity index (χ1n) is 11.6. The molecule has 3 nitrogen and oxygen atoms in total. The molecule has 0 aromatic heterocycles. The van der Waals surface area contributed by atoms with Gasteiger partial charge < -0.3 is 15.0 Å². The summed E-state index contributed by atoms with van der Waals surface area (Å²) < 4.78 is 6.05. The molecule has 1 N–H and O–H groups in total. The van der Waals surface area contributed by atoms with Crippen LogP contribution >= 0.6 is 0 Å². The fourth-order valence-electron chi connectivity index (χ4n) is 5.26. The number of aryl methyl sites for hydroxylation is 1. The van der Waals surface area contributed by atoms with Crippen LogP contribution in [0.3, 0.4) is 0 Å². The van der Waals surface area contributed by atoms with Gasteiger partial charge in [-0.1, -0.05) is 25.3 Å². The molecular weight excluding hydrogens is 332 g/mol. The minimum Gasteiger partial charge on any atom is -0.494 e. The van der Waals surface area contributed by atoms with Gasteiger partial charge in [-0.3, -0.25) is 0 Å². The Morgan fingerprint density at radius 3 is 2.67 bits per heavy atom. The van der Waals surface area contributed by atoms with Gasteiger partial charge in [0.05, 0.1) is 6.61 Å². The lowest BCUT2D eigenvalue weighted by Crippen LogP contribution is -2.32. The van der Waals surface area contributed by atoms with Crippen molar-refractivity contribution < 1.29 is 4.74 Å². The minimum absolute atomic E-state index is 0.760. The highest BCUT2D eigenvalue weighted by Crippen LogP contribution is 2.30. The maximum absolute atomic E-state index is 6.05. The Hall–Kier alpha value is -1.06. The van der Waals surface area contributed by atoms with Crippen molar-refractivity contribution in [2.45, 2.75) is 76.7 Å². The molecule has 2 fully saturated rings. The fraction of sp³-hybridized carbons (Fsp3) is 0.750. The zero-order valence-electron chi connectivity index (χ0n) is 17.1. The highest BCUT2D eigenvalue weighted by Gasteiger charge is 2.22. The molecule has 1 saturated heterocycles. The first-order valence-corrected chi connectivity index (χ1v) is 11.6. The van der Waals surface area contributed by atoms with Crippen molar-refractivity contribution in [1.82, 2.24) is 10.2 Å². The molecule has 1 atom stereocenters. The maximum Gasteiger partial charge on any atom is 0.119 e. The Bertz CT molecular complexity index is 576. The molecular formula is C24H38N2O. The van der Waals surface area contributed by atoms with Crippen LogP contribution in [0.2, 0.25) is 0 Å². The molecule has 0 bridgehead atoms. The van der Waals surface area contributed by atoms with E-state index in [1.165, 1.54) is 89.4 Å². The Kier molecular flexibility index (Phi) is 7.09. The number of nitrogens with zero attached hydrogens (tertiary/aromatic N) is 1. The molecule has 0 radical (unpaired) electrons. The van der Waals surface area contributed by atoms with Gasteiger partial charge in [-0.25, -0.2) is 0 Å². The van der Waals surface area contributed by atoms with Crippen molar-refractivity contribution >= 4 is 0 Å². The van der Waals surface area contributed by atoms with Crippen LogP contribution in [0.1, 0.15) is 68.9 Å². The van der Waals surface area contributed by atoms with E-state index in [-0.39, 0.29) is 0 Å². The Balaban J connectivity index is 1.17. The van der Waals surface area contributed by atoms with E-state index in [1.54, 1.807) is 5.56 Å². The summed E-state index contributed by atoms with van der Waals surface area (Å²) in [4.78, 5) is 2.68. The van der Waals surface area contributed by atoms with Gasteiger partial charge in [0.25, 0.3) is 0 Å². The number of likely N-dealkylation sites (tertiary alicyclic amines) is 1. The zero-order chi connectivity index (χ0) is 18.3.